The van der Waals surface area contributed by atoms with Crippen molar-refractivity contribution in [1.82, 2.24) is 15.0 Å². The van der Waals surface area contributed by atoms with E-state index in [4.69, 9.17) is 4.74 Å². The van der Waals surface area contributed by atoms with E-state index in [-0.39, 0.29) is 0 Å². The van der Waals surface area contributed by atoms with Crippen molar-refractivity contribution in [2.24, 2.45) is 0 Å². The van der Waals surface area contributed by atoms with Crippen LogP contribution in [0.3, 0.4) is 0 Å². The van der Waals surface area contributed by atoms with Gasteiger partial charge in [-0.15, -0.1) is 5.10 Å². The molecule has 19 heavy (non-hydrogen) atoms. The summed E-state index contributed by atoms with van der Waals surface area (Å²) in [5, 5.41) is 18.6. The Morgan fingerprint density at radius 3 is 2.63 bits per heavy atom. The van der Waals surface area contributed by atoms with E-state index in [2.05, 4.69) is 10.3 Å². The predicted octanol–water partition coefficient (Wildman–Crippen LogP) is 1.87. The fourth-order valence-electron chi connectivity index (χ4n) is 2.58. The van der Waals surface area contributed by atoms with Gasteiger partial charge in [-0.25, -0.2) is 4.68 Å². The second kappa shape index (κ2) is 4.75. The highest BCUT2D eigenvalue weighted by Gasteiger charge is 2.46. The second-order valence-corrected chi connectivity index (χ2v) is 4.93. The minimum absolute atomic E-state index is 0.478. The Labute approximate surface area is 111 Å². The van der Waals surface area contributed by atoms with Crippen LogP contribution in [0, 0.1) is 0 Å². The largest absolute Gasteiger partial charge is 0.384 e. The molecular weight excluding hydrogens is 242 g/mol. The Morgan fingerprint density at radius 1 is 1.32 bits per heavy atom. The number of aromatic nitrogens is 3. The topological polar surface area (TPSA) is 60.2 Å². The van der Waals surface area contributed by atoms with Gasteiger partial charge in [-0.3, -0.25) is 0 Å². The van der Waals surface area contributed by atoms with Crippen molar-refractivity contribution >= 4 is 0 Å². The molecule has 1 aliphatic rings. The molecular formula is C14H17N3O2. The van der Waals surface area contributed by atoms with E-state index in [1.807, 2.05) is 30.3 Å². The smallest absolute Gasteiger partial charge is 0.127 e. The Hall–Kier alpha value is -1.72. The van der Waals surface area contributed by atoms with Crippen LogP contribution in [0.1, 0.15) is 31.1 Å². The van der Waals surface area contributed by atoms with Gasteiger partial charge < -0.3 is 9.84 Å². The van der Waals surface area contributed by atoms with Crippen molar-refractivity contribution in [3.63, 3.8) is 0 Å². The molecule has 0 radical (unpaired) electrons. The number of benzene rings is 1. The van der Waals surface area contributed by atoms with E-state index >= 15 is 0 Å². The minimum atomic E-state index is -0.707. The predicted molar refractivity (Wildman–Crippen MR) is 69.9 cm³/mol. The zero-order chi connectivity index (χ0) is 13.3. The molecule has 0 amide bonds. The molecule has 1 heterocycles. The molecule has 5 heteroatoms. The number of aliphatic hydroxyl groups is 1. The van der Waals surface area contributed by atoms with Gasteiger partial charge in [0.25, 0.3) is 0 Å². The molecule has 0 bridgehead atoms. The summed E-state index contributed by atoms with van der Waals surface area (Å²) in [6.45, 7) is 0. The van der Waals surface area contributed by atoms with E-state index in [9.17, 15) is 5.11 Å². The molecule has 1 unspecified atom stereocenters. The van der Waals surface area contributed by atoms with Gasteiger partial charge in [0.1, 0.15) is 6.10 Å². The lowest BCUT2D eigenvalue weighted by atomic mass is 9.75. The average molecular weight is 259 g/mol. The standard InChI is InChI=1S/C14H17N3O2/c1-19-14(8-5-9-14)13(18)12-10-15-16-17(12)11-6-3-2-4-7-11/h2-4,6-7,10,13,18H,5,8-9H2,1H3. The number of para-hydroxylation sites is 1. The third kappa shape index (κ3) is 1.95. The lowest BCUT2D eigenvalue weighted by molar-refractivity contribution is -0.153. The van der Waals surface area contributed by atoms with Crippen molar-refractivity contribution in [3.05, 3.63) is 42.2 Å². The monoisotopic (exact) mass is 259 g/mol. The molecule has 0 aliphatic heterocycles. The SMILES string of the molecule is COC1(C(O)c2cnnn2-c2ccccc2)CCC1. The molecule has 5 nitrogen and oxygen atoms in total. The summed E-state index contributed by atoms with van der Waals surface area (Å²) in [5.74, 6) is 0. The summed E-state index contributed by atoms with van der Waals surface area (Å²) in [6.07, 6.45) is 3.71. The van der Waals surface area contributed by atoms with Crippen LogP contribution < -0.4 is 0 Å². The number of methoxy groups -OCH3 is 1. The fourth-order valence-corrected chi connectivity index (χ4v) is 2.58. The average Bonchev–Trinajstić information content (AvgIpc) is 2.88. The Balaban J connectivity index is 1.96. The van der Waals surface area contributed by atoms with Crippen LogP contribution in [0.2, 0.25) is 0 Å². The van der Waals surface area contributed by atoms with Crippen molar-refractivity contribution in [2.45, 2.75) is 31.0 Å². The van der Waals surface area contributed by atoms with Crippen LogP contribution >= 0.6 is 0 Å². The Bertz CT molecular complexity index is 543. The van der Waals surface area contributed by atoms with E-state index in [1.165, 1.54) is 0 Å². The molecule has 1 aromatic heterocycles. The molecule has 100 valence electrons. The first-order chi connectivity index (χ1) is 9.27. The van der Waals surface area contributed by atoms with Gasteiger partial charge in [-0.2, -0.15) is 0 Å². The first kappa shape index (κ1) is 12.3. The molecule has 1 aliphatic carbocycles. The zero-order valence-electron chi connectivity index (χ0n) is 10.9. The maximum atomic E-state index is 10.6. The Kier molecular flexibility index (Phi) is 3.08. The molecule has 1 atom stereocenters. The second-order valence-electron chi connectivity index (χ2n) is 4.93. The number of rotatable bonds is 4. The zero-order valence-corrected chi connectivity index (χ0v) is 10.9. The number of nitrogens with zero attached hydrogens (tertiary/aromatic N) is 3. The summed E-state index contributed by atoms with van der Waals surface area (Å²) in [4.78, 5) is 0. The van der Waals surface area contributed by atoms with Gasteiger partial charge in [-0.05, 0) is 31.4 Å². The summed E-state index contributed by atoms with van der Waals surface area (Å²) >= 11 is 0. The van der Waals surface area contributed by atoms with Crippen LogP contribution in [0.5, 0.6) is 0 Å². The van der Waals surface area contributed by atoms with Gasteiger partial charge in [0.2, 0.25) is 0 Å². The van der Waals surface area contributed by atoms with E-state index in [1.54, 1.807) is 18.0 Å². The number of aliphatic hydroxyl groups excluding tert-OH is 1. The third-order valence-electron chi connectivity index (χ3n) is 3.96. The molecule has 2 aromatic rings. The van der Waals surface area contributed by atoms with Gasteiger partial charge in [0, 0.05) is 7.11 Å². The molecule has 1 aromatic carbocycles. The van der Waals surface area contributed by atoms with Crippen LogP contribution in [0.25, 0.3) is 5.69 Å². The highest BCUT2D eigenvalue weighted by Crippen LogP contribution is 2.44. The maximum Gasteiger partial charge on any atom is 0.127 e. The molecule has 0 spiro atoms. The normalized spacial score (nSPS) is 18.8. The van der Waals surface area contributed by atoms with E-state index in [0.29, 0.717) is 5.69 Å². The van der Waals surface area contributed by atoms with Crippen molar-refractivity contribution in [1.29, 1.82) is 0 Å². The van der Waals surface area contributed by atoms with Gasteiger partial charge in [0.15, 0.2) is 0 Å². The lowest BCUT2D eigenvalue weighted by Crippen LogP contribution is -2.45. The van der Waals surface area contributed by atoms with Crippen LogP contribution in [0.15, 0.2) is 36.5 Å². The van der Waals surface area contributed by atoms with Crippen LogP contribution in [-0.4, -0.2) is 32.8 Å². The van der Waals surface area contributed by atoms with Crippen LogP contribution in [-0.2, 0) is 4.74 Å². The van der Waals surface area contributed by atoms with Gasteiger partial charge >= 0.3 is 0 Å². The summed E-state index contributed by atoms with van der Waals surface area (Å²) < 4.78 is 7.20. The lowest BCUT2D eigenvalue weighted by Gasteiger charge is -2.43. The highest BCUT2D eigenvalue weighted by molar-refractivity contribution is 5.32. The first-order valence-corrected chi connectivity index (χ1v) is 6.46. The molecule has 1 saturated carbocycles. The fraction of sp³-hybridized carbons (Fsp3) is 0.429. The molecule has 1 fully saturated rings. The number of ether oxygens (including phenoxy) is 1. The molecule has 1 N–H and O–H groups in total. The van der Waals surface area contributed by atoms with Gasteiger partial charge in [0.05, 0.1) is 23.2 Å². The molecule has 0 saturated heterocycles. The van der Waals surface area contributed by atoms with E-state index in [0.717, 1.165) is 24.9 Å². The molecule has 3 rings (SSSR count). The number of hydrogen-bond acceptors (Lipinski definition) is 4. The van der Waals surface area contributed by atoms with Crippen molar-refractivity contribution in [2.75, 3.05) is 7.11 Å². The van der Waals surface area contributed by atoms with Gasteiger partial charge in [-0.1, -0.05) is 23.4 Å². The van der Waals surface area contributed by atoms with Crippen LogP contribution in [0.4, 0.5) is 0 Å². The quantitative estimate of drug-likeness (QED) is 0.910. The third-order valence-corrected chi connectivity index (χ3v) is 3.96. The number of hydrogen-bond donors (Lipinski definition) is 1. The van der Waals surface area contributed by atoms with E-state index < -0.39 is 11.7 Å². The van der Waals surface area contributed by atoms with Crippen molar-refractivity contribution < 1.29 is 9.84 Å². The maximum absolute atomic E-state index is 10.6. The summed E-state index contributed by atoms with van der Waals surface area (Å²) in [5.41, 5.74) is 1.08. The first-order valence-electron chi connectivity index (χ1n) is 6.46. The van der Waals surface area contributed by atoms with Crippen molar-refractivity contribution in [3.8, 4) is 5.69 Å². The Morgan fingerprint density at radius 2 is 2.05 bits per heavy atom. The summed E-state index contributed by atoms with van der Waals surface area (Å²) in [6, 6.07) is 9.68. The minimum Gasteiger partial charge on any atom is -0.384 e. The highest BCUT2D eigenvalue weighted by atomic mass is 16.5. The summed E-state index contributed by atoms with van der Waals surface area (Å²) in [7, 11) is 1.65.